The van der Waals surface area contributed by atoms with E-state index in [1.807, 2.05) is 13.8 Å². The first-order valence-electron chi connectivity index (χ1n) is 21.4. The molecule has 2 aliphatic rings. The largest absolute Gasteiger partial charge is 0.504 e. The van der Waals surface area contributed by atoms with Gasteiger partial charge >= 0.3 is 0 Å². The second kappa shape index (κ2) is 25.4. The summed E-state index contributed by atoms with van der Waals surface area (Å²) < 4.78 is 0. The molecular formula is C52H70O8. The van der Waals surface area contributed by atoms with Gasteiger partial charge in [0.1, 0.15) is 0 Å². The maximum atomic E-state index is 13.3. The summed E-state index contributed by atoms with van der Waals surface area (Å²) in [6, 6.07) is 0. The summed E-state index contributed by atoms with van der Waals surface area (Å²) in [4.78, 5) is 53.2. The fourth-order valence-electron chi connectivity index (χ4n) is 6.82. The lowest BCUT2D eigenvalue weighted by Gasteiger charge is -2.22. The third-order valence-electron chi connectivity index (χ3n) is 10.8. The molecule has 2 rings (SSSR count). The summed E-state index contributed by atoms with van der Waals surface area (Å²) in [7, 11) is 0. The average molecular weight is 823 g/mol. The lowest BCUT2D eigenvalue weighted by atomic mass is 9.81. The molecule has 0 heterocycles. The Kier molecular flexibility index (Phi) is 21.5. The number of carbonyl (C=O) groups excluding carboxylic acids is 4. The molecule has 8 heteroatoms. The SMILES string of the molecule is CC(C)=CCCC(C)=CCCC(C)=CCCC(C)=CCC1=C(O)C(=O)C(C2=C(O)C(=O)C(CC=C(C)CCC=C(C)CCC=C(C)CCC=C(C)C)=C(O)C2=O)=C(O)C1=O. The Hall–Kier alpha value is -5.24. The van der Waals surface area contributed by atoms with Gasteiger partial charge in [-0.3, -0.25) is 19.2 Å². The minimum absolute atomic E-state index is 0.165. The predicted octanol–water partition coefficient (Wildman–Crippen LogP) is 13.6. The molecule has 0 fully saturated rings. The Balaban J connectivity index is 2.04. The fourth-order valence-corrected chi connectivity index (χ4v) is 6.82. The van der Waals surface area contributed by atoms with Crippen LogP contribution < -0.4 is 0 Å². The van der Waals surface area contributed by atoms with Gasteiger partial charge in [-0.1, -0.05) is 93.2 Å². The van der Waals surface area contributed by atoms with E-state index in [9.17, 15) is 39.6 Å². The molecule has 0 aromatic heterocycles. The first-order valence-corrected chi connectivity index (χ1v) is 21.4. The Morgan fingerprint density at radius 2 is 0.567 bits per heavy atom. The van der Waals surface area contributed by atoms with Crippen LogP contribution in [-0.4, -0.2) is 43.6 Å². The van der Waals surface area contributed by atoms with E-state index >= 15 is 0 Å². The first kappa shape index (κ1) is 50.9. The zero-order valence-electron chi connectivity index (χ0n) is 37.9. The van der Waals surface area contributed by atoms with Gasteiger partial charge in [0, 0.05) is 0 Å². The number of carbonyl (C=O) groups is 4. The van der Waals surface area contributed by atoms with Crippen LogP contribution in [0.5, 0.6) is 0 Å². The van der Waals surface area contributed by atoms with E-state index in [1.54, 1.807) is 12.2 Å². The van der Waals surface area contributed by atoms with Crippen molar-refractivity contribution < 1.29 is 39.6 Å². The van der Waals surface area contributed by atoms with Crippen LogP contribution in [0.2, 0.25) is 0 Å². The van der Waals surface area contributed by atoms with E-state index in [1.165, 1.54) is 33.4 Å². The summed E-state index contributed by atoms with van der Waals surface area (Å²) in [5, 5.41) is 43.4. The summed E-state index contributed by atoms with van der Waals surface area (Å²) in [6.07, 6.45) is 27.4. The molecule has 0 saturated carbocycles. The summed E-state index contributed by atoms with van der Waals surface area (Å²) in [5.41, 5.74) is 6.95. The smallest absolute Gasteiger partial charge is 0.232 e. The molecule has 0 saturated heterocycles. The lowest BCUT2D eigenvalue weighted by Crippen LogP contribution is -2.32. The van der Waals surface area contributed by atoms with E-state index in [4.69, 9.17) is 0 Å². The molecule has 0 radical (unpaired) electrons. The van der Waals surface area contributed by atoms with E-state index in [0.29, 0.717) is 12.8 Å². The predicted molar refractivity (Wildman–Crippen MR) is 245 cm³/mol. The first-order chi connectivity index (χ1) is 28.3. The van der Waals surface area contributed by atoms with Crippen LogP contribution in [0.4, 0.5) is 0 Å². The zero-order chi connectivity index (χ0) is 45.1. The monoisotopic (exact) mass is 823 g/mol. The Morgan fingerprint density at radius 3 is 0.817 bits per heavy atom. The number of aliphatic hydroxyl groups excluding tert-OH is 4. The van der Waals surface area contributed by atoms with Crippen molar-refractivity contribution >= 4 is 23.1 Å². The Labute approximate surface area is 359 Å². The number of hydrogen-bond donors (Lipinski definition) is 4. The van der Waals surface area contributed by atoms with Crippen molar-refractivity contribution in [1.29, 1.82) is 0 Å². The Morgan fingerprint density at radius 1 is 0.333 bits per heavy atom. The third-order valence-corrected chi connectivity index (χ3v) is 10.8. The minimum Gasteiger partial charge on any atom is -0.504 e. The average Bonchev–Trinajstić information content (AvgIpc) is 3.17. The van der Waals surface area contributed by atoms with Crippen LogP contribution >= 0.6 is 0 Å². The summed E-state index contributed by atoms with van der Waals surface area (Å²) >= 11 is 0. The molecule has 60 heavy (non-hydrogen) atoms. The molecule has 0 unspecified atom stereocenters. The maximum Gasteiger partial charge on any atom is 0.232 e. The van der Waals surface area contributed by atoms with Crippen molar-refractivity contribution in [2.75, 3.05) is 0 Å². The second-order valence-corrected chi connectivity index (χ2v) is 16.9. The molecule has 0 aromatic carbocycles. The second-order valence-electron chi connectivity index (χ2n) is 16.9. The standard InChI is InChI=1S/C52H70O8/c1-33(2)17-11-19-35(5)21-13-23-37(7)25-15-27-39(9)29-31-41-45(53)49(57)43(50(58)46(41)54)44-51(59)47(55)42(48(56)52(44)60)32-30-40(10)28-16-26-38(8)24-14-22-36(6)20-12-18-34(3)4/h17-18,21-22,25-26,29-30,53,55,58,60H,11-16,19-20,23-24,27-28,31-32H2,1-10H3. The molecular weight excluding hydrogens is 753 g/mol. The van der Waals surface area contributed by atoms with Gasteiger partial charge in [0.15, 0.2) is 23.0 Å². The van der Waals surface area contributed by atoms with E-state index < -0.39 is 57.3 Å². The molecule has 8 nitrogen and oxygen atoms in total. The molecule has 0 amide bonds. The normalized spacial score (nSPS) is 16.8. The van der Waals surface area contributed by atoms with Gasteiger partial charge in [0.05, 0.1) is 22.3 Å². The molecule has 0 spiro atoms. The number of aliphatic hydroxyl groups is 4. The van der Waals surface area contributed by atoms with Crippen LogP contribution in [0.25, 0.3) is 0 Å². The van der Waals surface area contributed by atoms with E-state index in [0.717, 1.165) is 75.4 Å². The van der Waals surface area contributed by atoms with Gasteiger partial charge in [0.2, 0.25) is 23.1 Å². The number of rotatable bonds is 23. The van der Waals surface area contributed by atoms with Crippen molar-refractivity contribution in [3.63, 3.8) is 0 Å². The number of ketones is 4. The van der Waals surface area contributed by atoms with Crippen LogP contribution in [0, 0.1) is 0 Å². The van der Waals surface area contributed by atoms with Crippen molar-refractivity contribution in [2.45, 2.75) is 159 Å². The number of hydrogen-bond acceptors (Lipinski definition) is 8. The zero-order valence-corrected chi connectivity index (χ0v) is 37.9. The highest BCUT2D eigenvalue weighted by atomic mass is 16.3. The molecule has 0 aliphatic heterocycles. The molecule has 326 valence electrons. The van der Waals surface area contributed by atoms with Crippen molar-refractivity contribution in [3.05, 3.63) is 139 Å². The summed E-state index contributed by atoms with van der Waals surface area (Å²) in [6.45, 7) is 20.7. The van der Waals surface area contributed by atoms with Crippen molar-refractivity contribution in [3.8, 4) is 0 Å². The molecule has 0 bridgehead atoms. The van der Waals surface area contributed by atoms with Gasteiger partial charge in [-0.05, 0) is 159 Å². The van der Waals surface area contributed by atoms with Crippen molar-refractivity contribution in [2.24, 2.45) is 0 Å². The van der Waals surface area contributed by atoms with Crippen LogP contribution in [-0.2, 0) is 19.2 Å². The molecule has 0 aromatic rings. The van der Waals surface area contributed by atoms with Gasteiger partial charge in [-0.2, -0.15) is 0 Å². The highest BCUT2D eigenvalue weighted by Gasteiger charge is 2.44. The highest BCUT2D eigenvalue weighted by Crippen LogP contribution is 2.35. The quantitative estimate of drug-likeness (QED) is 0.0588. The molecule has 2 aliphatic carbocycles. The Bertz CT molecular complexity index is 1880. The minimum atomic E-state index is -1.31. The van der Waals surface area contributed by atoms with Gasteiger partial charge in [-0.25, -0.2) is 0 Å². The third kappa shape index (κ3) is 16.4. The highest BCUT2D eigenvalue weighted by molar-refractivity contribution is 6.33. The van der Waals surface area contributed by atoms with E-state index in [-0.39, 0.29) is 24.0 Å². The van der Waals surface area contributed by atoms with E-state index in [2.05, 4.69) is 91.8 Å². The summed E-state index contributed by atoms with van der Waals surface area (Å²) in [5.74, 6) is -9.25. The number of Topliss-reactive ketones (excluding diaryl/α,β-unsaturated/α-hetero) is 4. The maximum absolute atomic E-state index is 13.3. The van der Waals surface area contributed by atoms with Crippen molar-refractivity contribution in [1.82, 2.24) is 0 Å². The topological polar surface area (TPSA) is 149 Å². The molecule has 0 atom stereocenters. The van der Waals surface area contributed by atoms with Crippen LogP contribution in [0.1, 0.15) is 159 Å². The fraction of sp³-hybridized carbons (Fsp3) is 0.462. The van der Waals surface area contributed by atoms with Crippen LogP contribution in [0.3, 0.4) is 0 Å². The number of allylic oxidation sites excluding steroid dienone is 20. The lowest BCUT2D eigenvalue weighted by molar-refractivity contribution is -0.122. The van der Waals surface area contributed by atoms with Gasteiger partial charge < -0.3 is 20.4 Å². The van der Waals surface area contributed by atoms with Gasteiger partial charge in [0.25, 0.3) is 0 Å². The van der Waals surface area contributed by atoms with Crippen LogP contribution in [0.15, 0.2) is 139 Å². The van der Waals surface area contributed by atoms with Gasteiger partial charge in [-0.15, -0.1) is 0 Å². The molecule has 4 N–H and O–H groups in total.